The van der Waals surface area contributed by atoms with Crippen molar-refractivity contribution in [3.8, 4) is 0 Å². The molecular formula is C27H34N6OS. The molecule has 1 amide bonds. The van der Waals surface area contributed by atoms with Crippen molar-refractivity contribution in [1.82, 2.24) is 19.7 Å². The molecule has 1 aromatic heterocycles. The number of hydrogen-bond acceptors (Lipinski definition) is 5. The number of carbonyl (C=O) groups excluding carboxylic acids is 1. The lowest BCUT2D eigenvalue weighted by atomic mass is 9.94. The van der Waals surface area contributed by atoms with E-state index in [9.17, 15) is 4.79 Å². The van der Waals surface area contributed by atoms with Gasteiger partial charge in [0, 0.05) is 67.8 Å². The number of benzene rings is 2. The van der Waals surface area contributed by atoms with Gasteiger partial charge in [-0.1, -0.05) is 68.9 Å². The molecule has 3 heterocycles. The van der Waals surface area contributed by atoms with Crippen molar-refractivity contribution in [2.75, 3.05) is 45.0 Å². The van der Waals surface area contributed by atoms with Gasteiger partial charge in [0.25, 0.3) is 0 Å². The van der Waals surface area contributed by atoms with Crippen LogP contribution < -0.4 is 10.7 Å². The van der Waals surface area contributed by atoms with Crippen molar-refractivity contribution in [1.29, 1.82) is 0 Å². The summed E-state index contributed by atoms with van der Waals surface area (Å²) in [6.45, 7) is 12.2. The number of nitrogens with zero attached hydrogens (tertiary/aromatic N) is 5. The van der Waals surface area contributed by atoms with E-state index in [2.05, 4.69) is 68.4 Å². The maximum atomic E-state index is 12.6. The molecule has 0 bridgehead atoms. The molecule has 35 heavy (non-hydrogen) atoms. The molecule has 1 N–H and O–H groups in total. The summed E-state index contributed by atoms with van der Waals surface area (Å²) in [5.41, 5.74) is 2.01. The van der Waals surface area contributed by atoms with E-state index in [1.807, 2.05) is 25.7 Å². The van der Waals surface area contributed by atoms with Gasteiger partial charge in [0.05, 0.1) is 11.0 Å². The van der Waals surface area contributed by atoms with E-state index in [0.29, 0.717) is 0 Å². The summed E-state index contributed by atoms with van der Waals surface area (Å²) in [6, 6.07) is 17.0. The fourth-order valence-corrected chi connectivity index (χ4v) is 5.55. The Morgan fingerprint density at radius 3 is 2.11 bits per heavy atom. The Hall–Kier alpha value is -2.84. The molecule has 0 atom stereocenters. The average Bonchev–Trinajstić information content (AvgIpc) is 3.39. The minimum atomic E-state index is -0.319. The van der Waals surface area contributed by atoms with E-state index in [1.165, 1.54) is 11.0 Å². The van der Waals surface area contributed by atoms with Gasteiger partial charge in [-0.15, -0.1) is 10.2 Å². The highest BCUT2D eigenvalue weighted by Crippen LogP contribution is 2.21. The minimum absolute atomic E-state index is 0.248. The molecule has 2 aromatic carbocycles. The molecule has 2 aliphatic heterocycles. The number of aromatic nitrogens is 1. The van der Waals surface area contributed by atoms with Crippen LogP contribution in [0, 0.1) is 5.41 Å². The molecule has 184 valence electrons. The Labute approximate surface area is 210 Å². The zero-order chi connectivity index (χ0) is 24.4. The number of nitrogens with one attached hydrogen (secondary N) is 1. The molecule has 8 heteroatoms. The quantitative estimate of drug-likeness (QED) is 0.449. The third-order valence-corrected chi connectivity index (χ3v) is 7.61. The van der Waals surface area contributed by atoms with Gasteiger partial charge in [0.15, 0.2) is 5.17 Å². The van der Waals surface area contributed by atoms with Gasteiger partial charge in [-0.2, -0.15) is 0 Å². The molecule has 0 unspecified atom stereocenters. The lowest BCUT2D eigenvalue weighted by molar-refractivity contribution is -0.141. The number of carbonyl (C=O) groups is 1. The Bertz CT molecular complexity index is 1260. The van der Waals surface area contributed by atoms with Crippen molar-refractivity contribution in [3.05, 3.63) is 53.9 Å². The molecule has 5 rings (SSSR count). The van der Waals surface area contributed by atoms with E-state index >= 15 is 0 Å². The highest BCUT2D eigenvalue weighted by atomic mass is 32.2. The smallest absolute Gasteiger partial charge is 0.228 e. The van der Waals surface area contributed by atoms with Crippen LogP contribution in [0.4, 0.5) is 0 Å². The molecule has 0 aliphatic carbocycles. The second-order valence-electron chi connectivity index (χ2n) is 10.2. The topological polar surface area (TPSA) is 65.2 Å². The van der Waals surface area contributed by atoms with Crippen LogP contribution in [0.5, 0.6) is 0 Å². The van der Waals surface area contributed by atoms with E-state index in [0.717, 1.165) is 72.9 Å². The summed E-state index contributed by atoms with van der Waals surface area (Å²) in [7, 11) is 0. The number of hydrogen-bond donors (Lipinski definition) is 1. The summed E-state index contributed by atoms with van der Waals surface area (Å²) >= 11 is 1.71. The van der Waals surface area contributed by atoms with Crippen molar-refractivity contribution in [2.45, 2.75) is 27.3 Å². The molecule has 3 aromatic rings. The third kappa shape index (κ3) is 5.09. The van der Waals surface area contributed by atoms with Crippen LogP contribution in [0.15, 0.2) is 58.7 Å². The predicted molar refractivity (Wildman–Crippen MR) is 145 cm³/mol. The zero-order valence-electron chi connectivity index (χ0n) is 20.8. The highest BCUT2D eigenvalue weighted by molar-refractivity contribution is 8.14. The van der Waals surface area contributed by atoms with E-state index in [-0.39, 0.29) is 11.3 Å². The molecular weight excluding hydrogens is 456 g/mol. The van der Waals surface area contributed by atoms with Crippen LogP contribution in [0.2, 0.25) is 0 Å². The van der Waals surface area contributed by atoms with Gasteiger partial charge in [-0.3, -0.25) is 9.69 Å². The normalized spacial score (nSPS) is 18.4. The standard InChI is InChI=1S/C27H34N6OS/c1-27(2,3)25(34)32-16-13-31(14-17-32)15-18-33-22-10-6-4-8-20(22)24(21-9-5-7-11-23(21)33)29-30-26-28-12-19-35-26/h4-11H,12-19H2,1-3H3,(H,28,30). The fourth-order valence-electron chi connectivity index (χ4n) is 4.85. The highest BCUT2D eigenvalue weighted by Gasteiger charge is 2.29. The third-order valence-electron chi connectivity index (χ3n) is 6.70. The number of fused-ring (bicyclic) bond motifs is 2. The van der Waals surface area contributed by atoms with Crippen LogP contribution in [0.1, 0.15) is 20.8 Å². The van der Waals surface area contributed by atoms with Gasteiger partial charge in [0.1, 0.15) is 5.36 Å². The molecule has 2 saturated heterocycles. The summed E-state index contributed by atoms with van der Waals surface area (Å²) in [4.78, 5) is 17.1. The van der Waals surface area contributed by atoms with Crippen LogP contribution in [0.3, 0.4) is 0 Å². The van der Waals surface area contributed by atoms with Gasteiger partial charge in [-0.25, -0.2) is 0 Å². The van der Waals surface area contributed by atoms with Crippen molar-refractivity contribution in [3.63, 3.8) is 0 Å². The largest absolute Gasteiger partial charge is 0.362 e. The maximum Gasteiger partial charge on any atom is 0.228 e. The Kier molecular flexibility index (Phi) is 6.84. The summed E-state index contributed by atoms with van der Waals surface area (Å²) in [6.07, 6.45) is 0. The Morgan fingerprint density at radius 2 is 1.54 bits per heavy atom. The minimum Gasteiger partial charge on any atom is -0.362 e. The van der Waals surface area contributed by atoms with Gasteiger partial charge < -0.3 is 14.8 Å². The summed E-state index contributed by atoms with van der Waals surface area (Å²) in [5.74, 6) is 1.28. The van der Waals surface area contributed by atoms with Crippen molar-refractivity contribution >= 4 is 44.6 Å². The Balaban J connectivity index is 1.43. The average molecular weight is 491 g/mol. The molecule has 7 nitrogen and oxygen atoms in total. The fraction of sp³-hybridized carbons (Fsp3) is 0.444. The number of amides is 1. The monoisotopic (exact) mass is 490 g/mol. The van der Waals surface area contributed by atoms with E-state index < -0.39 is 0 Å². The van der Waals surface area contributed by atoms with Crippen LogP contribution in [0.25, 0.3) is 21.8 Å². The Morgan fingerprint density at radius 1 is 0.914 bits per heavy atom. The molecule has 0 spiro atoms. The van der Waals surface area contributed by atoms with Gasteiger partial charge in [-0.05, 0) is 12.1 Å². The molecule has 2 aliphatic rings. The molecule has 0 radical (unpaired) electrons. The van der Waals surface area contributed by atoms with Gasteiger partial charge >= 0.3 is 0 Å². The van der Waals surface area contributed by atoms with Crippen LogP contribution in [-0.4, -0.2) is 70.5 Å². The summed E-state index contributed by atoms with van der Waals surface area (Å²) < 4.78 is 2.41. The predicted octanol–water partition coefficient (Wildman–Crippen LogP) is 3.49. The van der Waals surface area contributed by atoms with Crippen molar-refractivity contribution in [2.24, 2.45) is 15.6 Å². The number of rotatable bonds is 4. The number of para-hydroxylation sites is 2. The van der Waals surface area contributed by atoms with E-state index in [1.54, 1.807) is 11.8 Å². The van der Waals surface area contributed by atoms with Gasteiger partial charge in [0.2, 0.25) is 5.91 Å². The first-order chi connectivity index (χ1) is 16.9. The second-order valence-corrected chi connectivity index (χ2v) is 11.3. The van der Waals surface area contributed by atoms with Crippen molar-refractivity contribution < 1.29 is 4.79 Å². The second kappa shape index (κ2) is 10.0. The first-order valence-electron chi connectivity index (χ1n) is 12.4. The molecule has 0 saturated carbocycles. The lowest BCUT2D eigenvalue weighted by Crippen LogP contribution is -2.52. The lowest BCUT2D eigenvalue weighted by Gasteiger charge is -2.37. The number of pyridine rings is 1. The van der Waals surface area contributed by atoms with E-state index in [4.69, 9.17) is 5.10 Å². The first-order valence-corrected chi connectivity index (χ1v) is 13.4. The van der Waals surface area contributed by atoms with Crippen LogP contribution >= 0.6 is 11.8 Å². The number of thioether (sulfide) groups is 1. The maximum absolute atomic E-state index is 12.6. The SMILES string of the molecule is CC(C)(C)C(=O)N1CCN(CCn2c3ccccc3c(=NN=C3NCCS3)c3ccccc32)CC1. The van der Waals surface area contributed by atoms with Crippen LogP contribution in [-0.2, 0) is 11.3 Å². The summed E-state index contributed by atoms with van der Waals surface area (Å²) in [5, 5.41) is 16.6. The zero-order valence-corrected chi connectivity index (χ0v) is 21.6. The number of piperazine rings is 1. The first kappa shape index (κ1) is 23.9. The number of amidine groups is 1. The molecule has 2 fully saturated rings.